The highest BCUT2D eigenvalue weighted by Gasteiger charge is 2.09. The monoisotopic (exact) mass is 265 g/mol. The lowest BCUT2D eigenvalue weighted by Gasteiger charge is -2.07. The van der Waals surface area contributed by atoms with Crippen LogP contribution >= 0.6 is 0 Å². The molecular formula is C12H16FN5O. The van der Waals surface area contributed by atoms with Gasteiger partial charge >= 0.3 is 0 Å². The molecule has 0 bridgehead atoms. The summed E-state index contributed by atoms with van der Waals surface area (Å²) in [5.41, 5.74) is 1.30. The number of hydrogen-bond acceptors (Lipinski definition) is 5. The van der Waals surface area contributed by atoms with Gasteiger partial charge in [-0.3, -0.25) is 0 Å². The minimum Gasteiger partial charge on any atom is -0.383 e. The second-order valence-corrected chi connectivity index (χ2v) is 4.11. The largest absolute Gasteiger partial charge is 0.383 e. The first-order valence-electron chi connectivity index (χ1n) is 5.96. The molecule has 1 aromatic carbocycles. The van der Waals surface area contributed by atoms with Gasteiger partial charge < -0.3 is 10.1 Å². The topological polar surface area (TPSA) is 64.9 Å². The molecule has 0 saturated heterocycles. The van der Waals surface area contributed by atoms with Gasteiger partial charge in [0.1, 0.15) is 5.82 Å². The molecule has 0 aliphatic rings. The van der Waals surface area contributed by atoms with Crippen molar-refractivity contribution in [2.45, 2.75) is 13.5 Å². The number of aryl methyl sites for hydroxylation is 1. The highest BCUT2D eigenvalue weighted by atomic mass is 19.1. The Balaban J connectivity index is 2.12. The number of ether oxygens (including phenoxy) is 1. The molecule has 1 N–H and O–H groups in total. The minimum atomic E-state index is -0.239. The standard InChI is InChI=1S/C12H16FN5O/c1-9-7-10(3-4-11(9)13)18-12(15-16-17-18)8-14-5-6-19-2/h3-4,7,14H,5-6,8H2,1-2H3. The number of nitrogens with zero attached hydrogens (tertiary/aromatic N) is 4. The van der Waals surface area contributed by atoms with Gasteiger partial charge in [-0.2, -0.15) is 4.68 Å². The Morgan fingerprint density at radius 3 is 3.00 bits per heavy atom. The Morgan fingerprint density at radius 1 is 1.42 bits per heavy atom. The number of halogens is 1. The molecule has 2 rings (SSSR count). The molecule has 0 fully saturated rings. The van der Waals surface area contributed by atoms with Crippen LogP contribution in [0.25, 0.3) is 5.69 Å². The summed E-state index contributed by atoms with van der Waals surface area (Å²) in [4.78, 5) is 0. The normalized spacial score (nSPS) is 10.9. The molecule has 1 heterocycles. The van der Waals surface area contributed by atoms with Crippen LogP contribution in [-0.2, 0) is 11.3 Å². The van der Waals surface area contributed by atoms with Crippen molar-refractivity contribution in [3.05, 3.63) is 35.4 Å². The molecule has 102 valence electrons. The summed E-state index contributed by atoms with van der Waals surface area (Å²) in [5.74, 6) is 0.429. The van der Waals surface area contributed by atoms with E-state index in [0.717, 1.165) is 5.69 Å². The van der Waals surface area contributed by atoms with Crippen LogP contribution in [0.5, 0.6) is 0 Å². The third-order valence-electron chi connectivity index (χ3n) is 2.69. The first-order chi connectivity index (χ1) is 9.22. The lowest BCUT2D eigenvalue weighted by Crippen LogP contribution is -2.21. The molecule has 0 amide bonds. The van der Waals surface area contributed by atoms with Crippen molar-refractivity contribution in [3.8, 4) is 5.69 Å². The van der Waals surface area contributed by atoms with Crippen LogP contribution < -0.4 is 5.32 Å². The van der Waals surface area contributed by atoms with Gasteiger partial charge in [0.25, 0.3) is 0 Å². The van der Waals surface area contributed by atoms with E-state index in [9.17, 15) is 4.39 Å². The van der Waals surface area contributed by atoms with Crippen LogP contribution in [0.4, 0.5) is 4.39 Å². The van der Waals surface area contributed by atoms with Gasteiger partial charge in [-0.15, -0.1) is 5.10 Å². The molecule has 0 saturated carbocycles. The van der Waals surface area contributed by atoms with Gasteiger partial charge in [-0.1, -0.05) is 0 Å². The lowest BCUT2D eigenvalue weighted by molar-refractivity contribution is 0.199. The van der Waals surface area contributed by atoms with Crippen LogP contribution in [0.1, 0.15) is 11.4 Å². The molecule has 0 radical (unpaired) electrons. The molecule has 0 aliphatic heterocycles. The molecule has 6 nitrogen and oxygen atoms in total. The molecule has 2 aromatic rings. The van der Waals surface area contributed by atoms with Crippen molar-refractivity contribution in [1.29, 1.82) is 0 Å². The van der Waals surface area contributed by atoms with Gasteiger partial charge in [0.15, 0.2) is 5.82 Å². The summed E-state index contributed by atoms with van der Waals surface area (Å²) in [6.07, 6.45) is 0. The van der Waals surface area contributed by atoms with E-state index in [1.807, 2.05) is 0 Å². The number of rotatable bonds is 6. The van der Waals surface area contributed by atoms with E-state index in [-0.39, 0.29) is 5.82 Å². The van der Waals surface area contributed by atoms with E-state index in [0.29, 0.717) is 31.1 Å². The van der Waals surface area contributed by atoms with Crippen LogP contribution in [-0.4, -0.2) is 40.5 Å². The fraction of sp³-hybridized carbons (Fsp3) is 0.417. The van der Waals surface area contributed by atoms with E-state index in [1.165, 1.54) is 6.07 Å². The van der Waals surface area contributed by atoms with Crippen LogP contribution in [0, 0.1) is 12.7 Å². The van der Waals surface area contributed by atoms with Crippen LogP contribution in [0.3, 0.4) is 0 Å². The van der Waals surface area contributed by atoms with E-state index < -0.39 is 0 Å². The molecule has 1 aromatic heterocycles. The van der Waals surface area contributed by atoms with Gasteiger partial charge in [0, 0.05) is 13.7 Å². The van der Waals surface area contributed by atoms with Gasteiger partial charge in [-0.25, -0.2) is 4.39 Å². The van der Waals surface area contributed by atoms with Crippen molar-refractivity contribution in [2.75, 3.05) is 20.3 Å². The highest BCUT2D eigenvalue weighted by molar-refractivity contribution is 5.35. The Labute approximate surface area is 110 Å². The summed E-state index contributed by atoms with van der Waals surface area (Å²) in [6.45, 7) is 3.56. The second-order valence-electron chi connectivity index (χ2n) is 4.11. The number of aromatic nitrogens is 4. The van der Waals surface area contributed by atoms with Crippen molar-refractivity contribution >= 4 is 0 Å². The van der Waals surface area contributed by atoms with Crippen molar-refractivity contribution in [2.24, 2.45) is 0 Å². The Kier molecular flexibility index (Phi) is 4.53. The van der Waals surface area contributed by atoms with E-state index >= 15 is 0 Å². The summed E-state index contributed by atoms with van der Waals surface area (Å²) >= 11 is 0. The second kappa shape index (κ2) is 6.35. The SMILES string of the molecule is COCCNCc1nnnn1-c1ccc(F)c(C)c1. The average molecular weight is 265 g/mol. The molecule has 0 unspecified atom stereocenters. The molecule has 0 aliphatic carbocycles. The van der Waals surface area contributed by atoms with Gasteiger partial charge in [-0.05, 0) is 41.1 Å². The first kappa shape index (κ1) is 13.6. The Morgan fingerprint density at radius 2 is 2.26 bits per heavy atom. The van der Waals surface area contributed by atoms with Crippen molar-refractivity contribution < 1.29 is 9.13 Å². The average Bonchev–Trinajstić information content (AvgIpc) is 2.86. The molecule has 19 heavy (non-hydrogen) atoms. The van der Waals surface area contributed by atoms with E-state index in [4.69, 9.17) is 4.74 Å². The van der Waals surface area contributed by atoms with Crippen LogP contribution in [0.2, 0.25) is 0 Å². The Hall–Kier alpha value is -1.86. The fourth-order valence-corrected chi connectivity index (χ4v) is 1.65. The zero-order valence-electron chi connectivity index (χ0n) is 10.9. The van der Waals surface area contributed by atoms with Gasteiger partial charge in [0.2, 0.25) is 0 Å². The van der Waals surface area contributed by atoms with Crippen molar-refractivity contribution in [1.82, 2.24) is 25.5 Å². The maximum absolute atomic E-state index is 13.2. The smallest absolute Gasteiger partial charge is 0.170 e. The zero-order chi connectivity index (χ0) is 13.7. The summed E-state index contributed by atoms with van der Waals surface area (Å²) in [7, 11) is 1.65. The Bertz CT molecular complexity index is 543. The van der Waals surface area contributed by atoms with Gasteiger partial charge in [0.05, 0.1) is 18.8 Å². The summed E-state index contributed by atoms with van der Waals surface area (Å²) < 4.78 is 19.8. The molecule has 7 heteroatoms. The number of methoxy groups -OCH3 is 1. The fourth-order valence-electron chi connectivity index (χ4n) is 1.65. The highest BCUT2D eigenvalue weighted by Crippen LogP contribution is 2.13. The van der Waals surface area contributed by atoms with E-state index in [2.05, 4.69) is 20.8 Å². The third kappa shape index (κ3) is 3.33. The predicted octanol–water partition coefficient (Wildman–Crippen LogP) is 0.846. The summed E-state index contributed by atoms with van der Waals surface area (Å²) in [5, 5.41) is 14.7. The number of benzene rings is 1. The maximum atomic E-state index is 13.2. The first-order valence-corrected chi connectivity index (χ1v) is 5.96. The third-order valence-corrected chi connectivity index (χ3v) is 2.69. The van der Waals surface area contributed by atoms with Crippen LogP contribution in [0.15, 0.2) is 18.2 Å². The predicted molar refractivity (Wildman–Crippen MR) is 67.4 cm³/mol. The molecular weight excluding hydrogens is 249 g/mol. The number of tetrazole rings is 1. The maximum Gasteiger partial charge on any atom is 0.170 e. The zero-order valence-corrected chi connectivity index (χ0v) is 10.9. The summed E-state index contributed by atoms with van der Waals surface area (Å²) in [6, 6.07) is 4.77. The quantitative estimate of drug-likeness (QED) is 0.784. The lowest BCUT2D eigenvalue weighted by atomic mass is 10.2. The van der Waals surface area contributed by atoms with E-state index in [1.54, 1.807) is 30.8 Å². The minimum absolute atomic E-state index is 0.239. The van der Waals surface area contributed by atoms with Crippen molar-refractivity contribution in [3.63, 3.8) is 0 Å². The number of nitrogens with one attached hydrogen (secondary N) is 1. The molecule has 0 spiro atoms. The number of hydrogen-bond donors (Lipinski definition) is 1. The molecule has 0 atom stereocenters.